The van der Waals surface area contributed by atoms with Crippen LogP contribution in [0.2, 0.25) is 0 Å². The number of hydrogen-bond donors (Lipinski definition) is 1. The quantitative estimate of drug-likeness (QED) is 0.569. The Morgan fingerprint density at radius 3 is 2.15 bits per heavy atom. The molecule has 0 radical (unpaired) electrons. The van der Waals surface area contributed by atoms with Crippen molar-refractivity contribution in [3.8, 4) is 0 Å². The standard InChI is InChI=1S/C18H21NO6S2/c1-13-9-10-15(27(23,24)14-7-5-4-6-8-14)11-16(13)26(21,22)12-17(20)25-18(2,3)19/h4-11H,12,19H2,1-3H3. The van der Waals surface area contributed by atoms with Gasteiger partial charge in [-0.05, 0) is 50.6 Å². The number of rotatable bonds is 6. The fourth-order valence-corrected chi connectivity index (χ4v) is 5.15. The van der Waals surface area contributed by atoms with Crippen molar-refractivity contribution in [2.45, 2.75) is 41.2 Å². The third-order valence-electron chi connectivity index (χ3n) is 3.54. The van der Waals surface area contributed by atoms with Gasteiger partial charge in [0.15, 0.2) is 21.3 Å². The lowest BCUT2D eigenvalue weighted by Crippen LogP contribution is -2.39. The van der Waals surface area contributed by atoms with E-state index >= 15 is 0 Å². The second-order valence-corrected chi connectivity index (χ2v) is 10.5. The van der Waals surface area contributed by atoms with Gasteiger partial charge >= 0.3 is 5.97 Å². The van der Waals surface area contributed by atoms with Gasteiger partial charge in [-0.3, -0.25) is 10.5 Å². The van der Waals surface area contributed by atoms with E-state index in [4.69, 9.17) is 10.5 Å². The van der Waals surface area contributed by atoms with Crippen molar-refractivity contribution < 1.29 is 26.4 Å². The first-order chi connectivity index (χ1) is 12.3. The molecule has 0 aromatic heterocycles. The van der Waals surface area contributed by atoms with Gasteiger partial charge in [0.1, 0.15) is 0 Å². The first-order valence-electron chi connectivity index (χ1n) is 7.97. The number of carbonyl (C=O) groups is 1. The number of aryl methyl sites for hydroxylation is 1. The molecule has 0 aliphatic heterocycles. The van der Waals surface area contributed by atoms with E-state index in [1.54, 1.807) is 18.2 Å². The molecule has 7 nitrogen and oxygen atoms in total. The fourth-order valence-electron chi connectivity index (χ4n) is 2.37. The molecule has 0 aliphatic carbocycles. The van der Waals surface area contributed by atoms with Crippen molar-refractivity contribution in [3.05, 3.63) is 54.1 Å². The Balaban J connectivity index is 2.44. The van der Waals surface area contributed by atoms with Gasteiger partial charge in [0, 0.05) is 0 Å². The summed E-state index contributed by atoms with van der Waals surface area (Å²) in [5, 5.41) is 0. The summed E-state index contributed by atoms with van der Waals surface area (Å²) in [6, 6.07) is 11.4. The number of ether oxygens (including phenoxy) is 1. The molecule has 0 fully saturated rings. The van der Waals surface area contributed by atoms with Crippen LogP contribution in [0.15, 0.2) is 63.2 Å². The monoisotopic (exact) mass is 411 g/mol. The van der Waals surface area contributed by atoms with Gasteiger partial charge in [0.25, 0.3) is 0 Å². The minimum absolute atomic E-state index is 0.0430. The molecule has 27 heavy (non-hydrogen) atoms. The second-order valence-electron chi connectivity index (χ2n) is 6.58. The molecule has 0 bridgehead atoms. The van der Waals surface area contributed by atoms with Gasteiger partial charge in [-0.25, -0.2) is 16.8 Å². The number of benzene rings is 2. The molecule has 2 aromatic carbocycles. The van der Waals surface area contributed by atoms with Gasteiger partial charge in [-0.2, -0.15) is 0 Å². The van der Waals surface area contributed by atoms with Crippen LogP contribution in [0, 0.1) is 6.92 Å². The Morgan fingerprint density at radius 1 is 1.00 bits per heavy atom. The van der Waals surface area contributed by atoms with Gasteiger partial charge in [0.2, 0.25) is 9.84 Å². The van der Waals surface area contributed by atoms with Crippen molar-refractivity contribution in [1.29, 1.82) is 0 Å². The molecule has 2 N–H and O–H groups in total. The lowest BCUT2D eigenvalue weighted by atomic mass is 10.2. The van der Waals surface area contributed by atoms with Crippen LogP contribution in [0.5, 0.6) is 0 Å². The van der Waals surface area contributed by atoms with Crippen LogP contribution in [0.4, 0.5) is 0 Å². The zero-order valence-electron chi connectivity index (χ0n) is 15.2. The number of carbonyl (C=O) groups excluding carboxylic acids is 1. The highest BCUT2D eigenvalue weighted by molar-refractivity contribution is 7.92. The Labute approximate surface area is 159 Å². The number of esters is 1. The SMILES string of the molecule is Cc1ccc(S(=O)(=O)c2ccccc2)cc1S(=O)(=O)CC(=O)OC(C)(C)N. The average molecular weight is 412 g/mol. The summed E-state index contributed by atoms with van der Waals surface area (Å²) >= 11 is 0. The molecule has 2 aromatic rings. The lowest BCUT2D eigenvalue weighted by molar-refractivity contribution is -0.152. The molecule has 0 spiro atoms. The van der Waals surface area contributed by atoms with Crippen LogP contribution >= 0.6 is 0 Å². The van der Waals surface area contributed by atoms with Crippen molar-refractivity contribution in [2.75, 3.05) is 5.75 Å². The van der Waals surface area contributed by atoms with E-state index in [1.807, 2.05) is 0 Å². The number of hydrogen-bond acceptors (Lipinski definition) is 7. The molecule has 0 saturated carbocycles. The fraction of sp³-hybridized carbons (Fsp3) is 0.278. The summed E-state index contributed by atoms with van der Waals surface area (Å²) in [5.74, 6) is -1.96. The summed E-state index contributed by atoms with van der Waals surface area (Å²) < 4.78 is 55.6. The molecular formula is C18H21NO6S2. The van der Waals surface area contributed by atoms with Crippen molar-refractivity contribution in [2.24, 2.45) is 5.73 Å². The average Bonchev–Trinajstić information content (AvgIpc) is 2.53. The smallest absolute Gasteiger partial charge is 0.323 e. The van der Waals surface area contributed by atoms with Crippen LogP contribution < -0.4 is 5.73 Å². The van der Waals surface area contributed by atoms with Crippen LogP contribution in [-0.4, -0.2) is 34.3 Å². The third kappa shape index (κ3) is 5.15. The predicted molar refractivity (Wildman–Crippen MR) is 99.5 cm³/mol. The van der Waals surface area contributed by atoms with Crippen LogP contribution in [0.25, 0.3) is 0 Å². The summed E-state index contributed by atoms with van der Waals surface area (Å²) in [4.78, 5) is 11.5. The Hall–Kier alpha value is -2.23. The topological polar surface area (TPSA) is 121 Å². The van der Waals surface area contributed by atoms with Crippen molar-refractivity contribution in [1.82, 2.24) is 0 Å². The van der Waals surface area contributed by atoms with Crippen molar-refractivity contribution >= 4 is 25.6 Å². The third-order valence-corrected chi connectivity index (χ3v) is 7.04. The van der Waals surface area contributed by atoms with Gasteiger partial charge < -0.3 is 4.74 Å². The van der Waals surface area contributed by atoms with E-state index < -0.39 is 37.1 Å². The maximum atomic E-state index is 12.7. The van der Waals surface area contributed by atoms with E-state index in [0.717, 1.165) is 6.07 Å². The Kier molecular flexibility index (Phi) is 5.79. The van der Waals surface area contributed by atoms with Crippen LogP contribution in [0.3, 0.4) is 0 Å². The summed E-state index contributed by atoms with van der Waals surface area (Å²) in [7, 11) is -8.02. The van der Waals surface area contributed by atoms with E-state index in [9.17, 15) is 21.6 Å². The molecule has 2 rings (SSSR count). The summed E-state index contributed by atoms with van der Waals surface area (Å²) in [6.45, 7) is 4.34. The Morgan fingerprint density at radius 2 is 1.59 bits per heavy atom. The molecule has 0 heterocycles. The van der Waals surface area contributed by atoms with E-state index in [1.165, 1.54) is 45.0 Å². The van der Waals surface area contributed by atoms with Gasteiger partial charge in [-0.15, -0.1) is 0 Å². The highest BCUT2D eigenvalue weighted by atomic mass is 32.2. The number of sulfone groups is 2. The van der Waals surface area contributed by atoms with Crippen LogP contribution in [-0.2, 0) is 29.2 Å². The molecule has 146 valence electrons. The molecule has 9 heteroatoms. The maximum Gasteiger partial charge on any atom is 0.323 e. The zero-order chi connectivity index (χ0) is 20.5. The molecule has 0 amide bonds. The Bertz CT molecular complexity index is 1050. The predicted octanol–water partition coefficient (Wildman–Crippen LogP) is 1.84. The van der Waals surface area contributed by atoms with Gasteiger partial charge in [0.05, 0.1) is 14.7 Å². The normalized spacial score (nSPS) is 12.6. The van der Waals surface area contributed by atoms with E-state index in [0.29, 0.717) is 5.56 Å². The molecule has 0 saturated heterocycles. The lowest BCUT2D eigenvalue weighted by Gasteiger charge is -2.19. The van der Waals surface area contributed by atoms with Gasteiger partial charge in [-0.1, -0.05) is 24.3 Å². The molecular weight excluding hydrogens is 390 g/mol. The largest absolute Gasteiger partial charge is 0.444 e. The first kappa shape index (κ1) is 21.1. The minimum atomic E-state index is -4.12. The summed E-state index contributed by atoms with van der Waals surface area (Å²) in [5.41, 5.74) is 4.55. The molecule has 0 atom stereocenters. The second kappa shape index (κ2) is 7.41. The van der Waals surface area contributed by atoms with Crippen molar-refractivity contribution in [3.63, 3.8) is 0 Å². The molecule has 0 unspecified atom stereocenters. The minimum Gasteiger partial charge on any atom is -0.444 e. The maximum absolute atomic E-state index is 12.7. The summed E-state index contributed by atoms with van der Waals surface area (Å²) in [6.07, 6.45) is 0. The highest BCUT2D eigenvalue weighted by Crippen LogP contribution is 2.26. The zero-order valence-corrected chi connectivity index (χ0v) is 16.8. The highest BCUT2D eigenvalue weighted by Gasteiger charge is 2.28. The van der Waals surface area contributed by atoms with E-state index in [2.05, 4.69) is 0 Å². The van der Waals surface area contributed by atoms with Crippen LogP contribution in [0.1, 0.15) is 19.4 Å². The van der Waals surface area contributed by atoms with E-state index in [-0.39, 0.29) is 14.7 Å². The number of nitrogens with two attached hydrogens (primary N) is 1. The first-order valence-corrected chi connectivity index (χ1v) is 11.1. The molecule has 0 aliphatic rings.